The van der Waals surface area contributed by atoms with Gasteiger partial charge in [-0.3, -0.25) is 4.72 Å². The molecule has 0 radical (unpaired) electrons. The Morgan fingerprint density at radius 3 is 2.65 bits per heavy atom. The van der Waals surface area contributed by atoms with Crippen LogP contribution in [0.5, 0.6) is 5.75 Å². The van der Waals surface area contributed by atoms with Crippen LogP contribution in [0.4, 0.5) is 11.4 Å². The van der Waals surface area contributed by atoms with Gasteiger partial charge in [0.25, 0.3) is 10.0 Å². The van der Waals surface area contributed by atoms with Gasteiger partial charge in [-0.2, -0.15) is 0 Å². The standard InChI is InChI=1S/C11H10BrClN2O3S2/c1-18-9-3-2-6(14)4-8(9)15-20(16,17)10-5-7(13)11(12)19-10/h2-5,15H,14H2,1H3. The zero-order chi connectivity index (χ0) is 14.9. The van der Waals surface area contributed by atoms with Crippen molar-refractivity contribution in [1.29, 1.82) is 0 Å². The number of halogens is 2. The molecule has 0 spiro atoms. The molecule has 0 atom stereocenters. The zero-order valence-electron chi connectivity index (χ0n) is 10.2. The topological polar surface area (TPSA) is 81.4 Å². The molecule has 0 fully saturated rings. The molecule has 5 nitrogen and oxygen atoms in total. The molecule has 20 heavy (non-hydrogen) atoms. The third-order valence-electron chi connectivity index (χ3n) is 2.36. The van der Waals surface area contributed by atoms with Gasteiger partial charge < -0.3 is 10.5 Å². The fourth-order valence-corrected chi connectivity index (χ4v) is 4.92. The van der Waals surface area contributed by atoms with Crippen LogP contribution in [0.15, 0.2) is 32.3 Å². The molecule has 3 N–H and O–H groups in total. The summed E-state index contributed by atoms with van der Waals surface area (Å²) in [6.07, 6.45) is 0. The Hall–Kier alpha value is -0.960. The molecular formula is C11H10BrClN2O3S2. The van der Waals surface area contributed by atoms with Crippen LogP contribution in [-0.2, 0) is 10.0 Å². The minimum atomic E-state index is -3.75. The molecule has 9 heteroatoms. The van der Waals surface area contributed by atoms with E-state index in [9.17, 15) is 8.42 Å². The van der Waals surface area contributed by atoms with E-state index in [0.717, 1.165) is 11.3 Å². The van der Waals surface area contributed by atoms with E-state index in [0.29, 0.717) is 20.2 Å². The van der Waals surface area contributed by atoms with E-state index in [1.165, 1.54) is 19.2 Å². The Morgan fingerprint density at radius 2 is 2.10 bits per heavy atom. The number of sulfonamides is 1. The van der Waals surface area contributed by atoms with E-state index < -0.39 is 10.0 Å². The smallest absolute Gasteiger partial charge is 0.271 e. The highest BCUT2D eigenvalue weighted by Gasteiger charge is 2.20. The number of hydrogen-bond donors (Lipinski definition) is 2. The second kappa shape index (κ2) is 5.80. The van der Waals surface area contributed by atoms with Crippen LogP contribution in [0, 0.1) is 0 Å². The molecule has 2 rings (SSSR count). The summed E-state index contributed by atoms with van der Waals surface area (Å²) >= 11 is 10.1. The predicted octanol–water partition coefficient (Wildman–Crippen LogP) is 3.56. The molecule has 1 heterocycles. The fraction of sp³-hybridized carbons (Fsp3) is 0.0909. The van der Waals surface area contributed by atoms with Gasteiger partial charge in [-0.15, -0.1) is 11.3 Å². The van der Waals surface area contributed by atoms with E-state index in [-0.39, 0.29) is 9.90 Å². The van der Waals surface area contributed by atoms with Crippen molar-refractivity contribution >= 4 is 60.3 Å². The summed E-state index contributed by atoms with van der Waals surface area (Å²) < 4.78 is 32.7. The van der Waals surface area contributed by atoms with Crippen molar-refractivity contribution in [3.63, 3.8) is 0 Å². The second-order valence-corrected chi connectivity index (χ2v) is 8.44. The first-order chi connectivity index (χ1) is 9.33. The lowest BCUT2D eigenvalue weighted by Crippen LogP contribution is -2.12. The lowest BCUT2D eigenvalue weighted by Gasteiger charge is -2.11. The number of anilines is 2. The Kier molecular flexibility index (Phi) is 4.48. The molecule has 0 aliphatic rings. The normalized spacial score (nSPS) is 11.3. The molecule has 0 saturated carbocycles. The van der Waals surface area contributed by atoms with Gasteiger partial charge >= 0.3 is 0 Å². The SMILES string of the molecule is COc1ccc(N)cc1NS(=O)(=O)c1cc(Cl)c(Br)s1. The minimum absolute atomic E-state index is 0.0962. The number of hydrogen-bond acceptors (Lipinski definition) is 5. The summed E-state index contributed by atoms with van der Waals surface area (Å²) in [6, 6.07) is 6.07. The highest BCUT2D eigenvalue weighted by molar-refractivity contribution is 9.11. The van der Waals surface area contributed by atoms with E-state index >= 15 is 0 Å². The van der Waals surface area contributed by atoms with Gasteiger partial charge in [-0.05, 0) is 40.2 Å². The predicted molar refractivity (Wildman–Crippen MR) is 85.2 cm³/mol. The van der Waals surface area contributed by atoms with Crippen molar-refractivity contribution in [2.45, 2.75) is 4.21 Å². The third kappa shape index (κ3) is 3.20. The van der Waals surface area contributed by atoms with Crippen molar-refractivity contribution in [2.75, 3.05) is 17.6 Å². The maximum absolute atomic E-state index is 12.3. The highest BCUT2D eigenvalue weighted by Crippen LogP contribution is 2.36. The molecule has 0 bridgehead atoms. The Morgan fingerprint density at radius 1 is 1.40 bits per heavy atom. The molecule has 0 saturated heterocycles. The van der Waals surface area contributed by atoms with Gasteiger partial charge in [-0.1, -0.05) is 11.6 Å². The third-order valence-corrected chi connectivity index (χ3v) is 6.67. The number of thiophene rings is 1. The number of rotatable bonds is 4. The van der Waals surface area contributed by atoms with Gasteiger partial charge in [0.05, 0.1) is 21.6 Å². The van der Waals surface area contributed by atoms with Crippen molar-refractivity contribution < 1.29 is 13.2 Å². The average molecular weight is 398 g/mol. The second-order valence-electron chi connectivity index (χ2n) is 3.75. The van der Waals surface area contributed by atoms with Gasteiger partial charge in [0.1, 0.15) is 9.96 Å². The first kappa shape index (κ1) is 15.4. The van der Waals surface area contributed by atoms with Crippen LogP contribution in [0.3, 0.4) is 0 Å². The van der Waals surface area contributed by atoms with Crippen molar-refractivity contribution in [1.82, 2.24) is 0 Å². The summed E-state index contributed by atoms with van der Waals surface area (Å²) in [5.74, 6) is 0.379. The Labute approximate surface area is 133 Å². The molecule has 1 aromatic carbocycles. The largest absolute Gasteiger partial charge is 0.495 e. The zero-order valence-corrected chi connectivity index (χ0v) is 14.2. The maximum Gasteiger partial charge on any atom is 0.271 e. The lowest BCUT2D eigenvalue weighted by atomic mass is 10.2. The van der Waals surface area contributed by atoms with Crippen molar-refractivity contribution in [3.8, 4) is 5.75 Å². The van der Waals surface area contributed by atoms with Gasteiger partial charge in [-0.25, -0.2) is 8.42 Å². The number of nitrogens with one attached hydrogen (secondary N) is 1. The monoisotopic (exact) mass is 396 g/mol. The molecule has 108 valence electrons. The van der Waals surface area contributed by atoms with Gasteiger partial charge in [0.15, 0.2) is 0 Å². The maximum atomic E-state index is 12.3. The number of benzene rings is 1. The van der Waals surface area contributed by atoms with E-state index in [1.54, 1.807) is 12.1 Å². The minimum Gasteiger partial charge on any atom is -0.495 e. The quantitative estimate of drug-likeness (QED) is 0.773. The van der Waals surface area contributed by atoms with E-state index in [4.69, 9.17) is 22.1 Å². The van der Waals surface area contributed by atoms with E-state index in [1.807, 2.05) is 0 Å². The first-order valence-electron chi connectivity index (χ1n) is 5.24. The fourth-order valence-electron chi connectivity index (χ4n) is 1.46. The average Bonchev–Trinajstić information content (AvgIpc) is 2.70. The van der Waals surface area contributed by atoms with Crippen LogP contribution >= 0.6 is 38.9 Å². The van der Waals surface area contributed by atoms with Crippen molar-refractivity contribution in [2.24, 2.45) is 0 Å². The lowest BCUT2D eigenvalue weighted by molar-refractivity contribution is 0.417. The number of nitrogen functional groups attached to an aromatic ring is 1. The van der Waals surface area contributed by atoms with Crippen LogP contribution in [0.1, 0.15) is 0 Å². The summed E-state index contributed by atoms with van der Waals surface area (Å²) in [4.78, 5) is 0. The van der Waals surface area contributed by atoms with Gasteiger partial charge in [0, 0.05) is 5.69 Å². The molecule has 2 aromatic rings. The summed E-state index contributed by atoms with van der Waals surface area (Å²) in [7, 11) is -2.30. The number of methoxy groups -OCH3 is 1. The highest BCUT2D eigenvalue weighted by atomic mass is 79.9. The first-order valence-corrected chi connectivity index (χ1v) is 8.71. The number of ether oxygens (including phenoxy) is 1. The Bertz CT molecular complexity index is 727. The summed E-state index contributed by atoms with van der Waals surface area (Å²) in [6.45, 7) is 0. The van der Waals surface area contributed by atoms with Crippen LogP contribution in [0.2, 0.25) is 5.02 Å². The van der Waals surface area contributed by atoms with Crippen LogP contribution in [0.25, 0.3) is 0 Å². The summed E-state index contributed by atoms with van der Waals surface area (Å²) in [5.41, 5.74) is 6.35. The molecule has 0 aliphatic heterocycles. The molecule has 1 aromatic heterocycles. The van der Waals surface area contributed by atoms with Crippen molar-refractivity contribution in [3.05, 3.63) is 33.1 Å². The molecule has 0 amide bonds. The molecule has 0 aliphatic carbocycles. The number of nitrogens with two attached hydrogens (primary N) is 1. The van der Waals surface area contributed by atoms with E-state index in [2.05, 4.69) is 20.7 Å². The molecule has 0 unspecified atom stereocenters. The van der Waals surface area contributed by atoms with Gasteiger partial charge in [0.2, 0.25) is 0 Å². The van der Waals surface area contributed by atoms with Crippen LogP contribution < -0.4 is 15.2 Å². The van der Waals surface area contributed by atoms with Crippen LogP contribution in [-0.4, -0.2) is 15.5 Å². The Balaban J connectivity index is 2.40. The summed E-state index contributed by atoms with van der Waals surface area (Å²) in [5, 5.41) is 0.343. The molecular weight excluding hydrogens is 388 g/mol.